The summed E-state index contributed by atoms with van der Waals surface area (Å²) in [5.41, 5.74) is 0.481. The molecule has 2 rings (SSSR count). The summed E-state index contributed by atoms with van der Waals surface area (Å²) in [6.45, 7) is 9.62. The summed E-state index contributed by atoms with van der Waals surface area (Å²) in [6, 6.07) is 0.0989. The Morgan fingerprint density at radius 1 is 1.50 bits per heavy atom. The fourth-order valence-electron chi connectivity index (χ4n) is 2.58. The van der Waals surface area contributed by atoms with Crippen LogP contribution < -0.4 is 5.32 Å². The lowest BCUT2D eigenvalue weighted by Crippen LogP contribution is -2.39. The van der Waals surface area contributed by atoms with Gasteiger partial charge in [0, 0.05) is 13.1 Å². The number of likely N-dealkylation sites (tertiary alicyclic amines) is 1. The number of rotatable bonds is 5. The van der Waals surface area contributed by atoms with Crippen molar-refractivity contribution in [3.8, 4) is 0 Å². The van der Waals surface area contributed by atoms with Crippen molar-refractivity contribution in [1.29, 1.82) is 0 Å². The highest BCUT2D eigenvalue weighted by Crippen LogP contribution is 2.52. The molecular weight excluding hydrogens is 200 g/mol. The van der Waals surface area contributed by atoms with E-state index in [1.54, 1.807) is 0 Å². The van der Waals surface area contributed by atoms with E-state index in [9.17, 15) is 4.79 Å². The van der Waals surface area contributed by atoms with E-state index in [0.29, 0.717) is 11.3 Å². The summed E-state index contributed by atoms with van der Waals surface area (Å²) in [5.74, 6) is 1.07. The Labute approximate surface area is 98.6 Å². The zero-order chi connectivity index (χ0) is 11.8. The van der Waals surface area contributed by atoms with Crippen LogP contribution in [-0.2, 0) is 4.79 Å². The molecule has 0 radical (unpaired) electrons. The van der Waals surface area contributed by atoms with Gasteiger partial charge in [-0.2, -0.15) is 0 Å². The third-order valence-corrected chi connectivity index (χ3v) is 4.10. The zero-order valence-electron chi connectivity index (χ0n) is 10.8. The van der Waals surface area contributed by atoms with Crippen LogP contribution in [0, 0.1) is 11.3 Å². The molecular formula is C13H24N2O. The lowest BCUT2D eigenvalue weighted by atomic mass is 10.1. The third-order valence-electron chi connectivity index (χ3n) is 4.10. The number of hydrogen-bond acceptors (Lipinski definition) is 2. The molecule has 1 saturated heterocycles. The SMILES string of the molecule is CCCNC1CCN(CC2CC2(C)C)C1=O. The molecule has 1 saturated carbocycles. The average Bonchev–Trinajstić information content (AvgIpc) is 2.67. The predicted molar refractivity (Wildman–Crippen MR) is 65.2 cm³/mol. The van der Waals surface area contributed by atoms with Crippen molar-refractivity contribution in [3.05, 3.63) is 0 Å². The van der Waals surface area contributed by atoms with Crippen molar-refractivity contribution in [2.45, 2.75) is 46.1 Å². The first kappa shape index (κ1) is 11.9. The number of amides is 1. The van der Waals surface area contributed by atoms with Crippen molar-refractivity contribution in [3.63, 3.8) is 0 Å². The lowest BCUT2D eigenvalue weighted by Gasteiger charge is -2.18. The van der Waals surface area contributed by atoms with Gasteiger partial charge in [0.05, 0.1) is 6.04 Å². The Hall–Kier alpha value is -0.570. The Bertz CT molecular complexity index is 275. The third kappa shape index (κ3) is 2.40. The van der Waals surface area contributed by atoms with Gasteiger partial charge in [-0.25, -0.2) is 0 Å². The highest BCUT2D eigenvalue weighted by Gasteiger charge is 2.47. The first-order valence-electron chi connectivity index (χ1n) is 6.57. The van der Waals surface area contributed by atoms with Crippen LogP contribution in [0.5, 0.6) is 0 Å². The van der Waals surface area contributed by atoms with Crippen LogP contribution in [0.4, 0.5) is 0 Å². The molecule has 3 nitrogen and oxygen atoms in total. The number of nitrogens with zero attached hydrogens (tertiary/aromatic N) is 1. The fraction of sp³-hybridized carbons (Fsp3) is 0.923. The smallest absolute Gasteiger partial charge is 0.239 e. The van der Waals surface area contributed by atoms with Gasteiger partial charge in [-0.05, 0) is 37.1 Å². The van der Waals surface area contributed by atoms with Crippen molar-refractivity contribution < 1.29 is 4.79 Å². The van der Waals surface area contributed by atoms with E-state index in [1.807, 2.05) is 0 Å². The summed E-state index contributed by atoms with van der Waals surface area (Å²) in [5, 5.41) is 3.33. The zero-order valence-corrected chi connectivity index (χ0v) is 10.8. The van der Waals surface area contributed by atoms with Gasteiger partial charge >= 0.3 is 0 Å². The minimum Gasteiger partial charge on any atom is -0.341 e. The number of carbonyl (C=O) groups is 1. The maximum atomic E-state index is 12.0. The van der Waals surface area contributed by atoms with Gasteiger partial charge in [0.1, 0.15) is 0 Å². The Balaban J connectivity index is 1.78. The molecule has 0 spiro atoms. The molecule has 3 heteroatoms. The number of carbonyl (C=O) groups excluding carboxylic acids is 1. The van der Waals surface area contributed by atoms with Crippen LogP contribution in [0.2, 0.25) is 0 Å². The molecule has 2 fully saturated rings. The van der Waals surface area contributed by atoms with E-state index in [0.717, 1.165) is 38.4 Å². The summed E-state index contributed by atoms with van der Waals surface area (Å²) in [7, 11) is 0. The van der Waals surface area contributed by atoms with Crippen LogP contribution in [0.3, 0.4) is 0 Å². The van der Waals surface area contributed by atoms with E-state index >= 15 is 0 Å². The van der Waals surface area contributed by atoms with Crippen LogP contribution in [0.25, 0.3) is 0 Å². The molecule has 1 aliphatic carbocycles. The molecule has 92 valence electrons. The first-order chi connectivity index (χ1) is 7.54. The van der Waals surface area contributed by atoms with E-state index in [2.05, 4.69) is 31.0 Å². The minimum atomic E-state index is 0.0989. The normalized spacial score (nSPS) is 32.2. The molecule has 0 aromatic carbocycles. The minimum absolute atomic E-state index is 0.0989. The number of hydrogen-bond donors (Lipinski definition) is 1. The molecule has 1 heterocycles. The summed E-state index contributed by atoms with van der Waals surface area (Å²) in [4.78, 5) is 14.1. The molecule has 2 aliphatic rings. The van der Waals surface area contributed by atoms with Gasteiger partial charge in [-0.3, -0.25) is 4.79 Å². The summed E-state index contributed by atoms with van der Waals surface area (Å²) < 4.78 is 0. The number of nitrogens with one attached hydrogen (secondary N) is 1. The standard InChI is InChI=1S/C13H24N2O/c1-4-6-14-11-5-7-15(12(11)16)9-10-8-13(10,2)3/h10-11,14H,4-9H2,1-3H3. The van der Waals surface area contributed by atoms with Gasteiger partial charge in [0.15, 0.2) is 0 Å². The van der Waals surface area contributed by atoms with E-state index in [-0.39, 0.29) is 6.04 Å². The molecule has 2 unspecified atom stereocenters. The monoisotopic (exact) mass is 224 g/mol. The summed E-state index contributed by atoms with van der Waals surface area (Å²) >= 11 is 0. The predicted octanol–water partition coefficient (Wildman–Crippen LogP) is 1.63. The Kier molecular flexibility index (Phi) is 3.24. The van der Waals surface area contributed by atoms with Crippen molar-refractivity contribution in [2.24, 2.45) is 11.3 Å². The molecule has 1 aliphatic heterocycles. The Morgan fingerprint density at radius 3 is 2.75 bits per heavy atom. The maximum absolute atomic E-state index is 12.0. The van der Waals surface area contributed by atoms with Crippen LogP contribution in [0.1, 0.15) is 40.0 Å². The molecule has 0 bridgehead atoms. The first-order valence-corrected chi connectivity index (χ1v) is 6.57. The molecule has 2 atom stereocenters. The van der Waals surface area contributed by atoms with Gasteiger partial charge in [0.25, 0.3) is 0 Å². The Morgan fingerprint density at radius 2 is 2.19 bits per heavy atom. The molecule has 0 aromatic rings. The molecule has 1 N–H and O–H groups in total. The second-order valence-corrected chi connectivity index (χ2v) is 5.97. The van der Waals surface area contributed by atoms with E-state index < -0.39 is 0 Å². The van der Waals surface area contributed by atoms with E-state index in [1.165, 1.54) is 6.42 Å². The fourth-order valence-corrected chi connectivity index (χ4v) is 2.58. The largest absolute Gasteiger partial charge is 0.341 e. The van der Waals surface area contributed by atoms with Crippen molar-refractivity contribution >= 4 is 5.91 Å². The topological polar surface area (TPSA) is 32.3 Å². The van der Waals surface area contributed by atoms with Crippen molar-refractivity contribution in [2.75, 3.05) is 19.6 Å². The highest BCUT2D eigenvalue weighted by molar-refractivity contribution is 5.84. The maximum Gasteiger partial charge on any atom is 0.239 e. The second kappa shape index (κ2) is 4.36. The van der Waals surface area contributed by atoms with E-state index in [4.69, 9.17) is 0 Å². The van der Waals surface area contributed by atoms with Gasteiger partial charge < -0.3 is 10.2 Å². The summed E-state index contributed by atoms with van der Waals surface area (Å²) in [6.07, 6.45) is 3.37. The lowest BCUT2D eigenvalue weighted by molar-refractivity contribution is -0.129. The van der Waals surface area contributed by atoms with Gasteiger partial charge in [0.2, 0.25) is 5.91 Å². The average molecular weight is 224 g/mol. The second-order valence-electron chi connectivity index (χ2n) is 5.97. The molecule has 16 heavy (non-hydrogen) atoms. The molecule has 1 amide bonds. The van der Waals surface area contributed by atoms with Crippen LogP contribution in [-0.4, -0.2) is 36.5 Å². The van der Waals surface area contributed by atoms with Crippen LogP contribution in [0.15, 0.2) is 0 Å². The van der Waals surface area contributed by atoms with Gasteiger partial charge in [-0.15, -0.1) is 0 Å². The van der Waals surface area contributed by atoms with Gasteiger partial charge in [-0.1, -0.05) is 20.8 Å². The molecule has 0 aromatic heterocycles. The quantitative estimate of drug-likeness (QED) is 0.770. The van der Waals surface area contributed by atoms with Crippen LogP contribution >= 0.6 is 0 Å². The highest BCUT2D eigenvalue weighted by atomic mass is 16.2. The van der Waals surface area contributed by atoms with Crippen molar-refractivity contribution in [1.82, 2.24) is 10.2 Å².